The minimum atomic E-state index is 0.499. The van der Waals surface area contributed by atoms with E-state index in [4.69, 9.17) is 4.74 Å². The van der Waals surface area contributed by atoms with Crippen LogP contribution in [0.5, 0.6) is 0 Å². The lowest BCUT2D eigenvalue weighted by Crippen LogP contribution is -2.19. The summed E-state index contributed by atoms with van der Waals surface area (Å²) in [5, 5.41) is 4.89. The van der Waals surface area contributed by atoms with Crippen molar-refractivity contribution in [3.63, 3.8) is 0 Å². The van der Waals surface area contributed by atoms with Gasteiger partial charge in [-0.25, -0.2) is 0 Å². The number of para-hydroxylation sites is 1. The molecule has 3 heteroatoms. The Kier molecular flexibility index (Phi) is 4.08. The highest BCUT2D eigenvalue weighted by Crippen LogP contribution is 2.28. The van der Waals surface area contributed by atoms with Crippen LogP contribution in [0.25, 0.3) is 10.9 Å². The lowest BCUT2D eigenvalue weighted by molar-refractivity contribution is 0.187. The monoisotopic (exact) mass is 272 g/mol. The zero-order chi connectivity index (χ0) is 13.9. The van der Waals surface area contributed by atoms with E-state index in [1.165, 1.54) is 16.5 Å². The number of aromatic nitrogens is 1. The molecular weight excluding hydrogens is 248 g/mol. The number of fused-ring (bicyclic) bond motifs is 1. The normalized spacial score (nSPS) is 19.2. The van der Waals surface area contributed by atoms with E-state index in [0.29, 0.717) is 12.0 Å². The smallest absolute Gasteiger partial charge is 0.0674 e. The molecular formula is C17H24N2O. The molecule has 0 amide bonds. The molecule has 1 aliphatic rings. The maximum atomic E-state index is 5.55. The molecule has 2 heterocycles. The standard InChI is InChI=1S/C17H24N2O/c1-13(2)10-18-11-15-5-3-4-14-6-8-19(17(14)15)16-7-9-20-12-16/h3-6,8,13,16,18H,7,9-12H2,1-2H3. The molecule has 0 radical (unpaired) electrons. The third-order valence-electron chi connectivity index (χ3n) is 3.99. The second-order valence-electron chi connectivity index (χ2n) is 6.12. The van der Waals surface area contributed by atoms with Gasteiger partial charge in [-0.05, 0) is 35.9 Å². The van der Waals surface area contributed by atoms with Crippen LogP contribution in [0, 0.1) is 5.92 Å². The Balaban J connectivity index is 1.88. The Bertz CT molecular complexity index is 567. The van der Waals surface area contributed by atoms with E-state index in [-0.39, 0.29) is 0 Å². The minimum Gasteiger partial charge on any atom is -0.379 e. The maximum absolute atomic E-state index is 5.55. The van der Waals surface area contributed by atoms with E-state index in [1.807, 2.05) is 0 Å². The van der Waals surface area contributed by atoms with Gasteiger partial charge in [-0.1, -0.05) is 32.0 Å². The Morgan fingerprint density at radius 3 is 3.00 bits per heavy atom. The topological polar surface area (TPSA) is 26.2 Å². The van der Waals surface area contributed by atoms with Gasteiger partial charge in [0.15, 0.2) is 0 Å². The first-order valence-electron chi connectivity index (χ1n) is 7.62. The number of nitrogens with zero attached hydrogens (tertiary/aromatic N) is 1. The summed E-state index contributed by atoms with van der Waals surface area (Å²) in [6.45, 7) is 8.21. The van der Waals surface area contributed by atoms with Gasteiger partial charge in [0.2, 0.25) is 0 Å². The fourth-order valence-corrected chi connectivity index (χ4v) is 2.98. The molecule has 1 saturated heterocycles. The van der Waals surface area contributed by atoms with Crippen LogP contribution < -0.4 is 5.32 Å². The number of benzene rings is 1. The molecule has 3 rings (SSSR count). The summed E-state index contributed by atoms with van der Waals surface area (Å²) >= 11 is 0. The van der Waals surface area contributed by atoms with Gasteiger partial charge in [-0.15, -0.1) is 0 Å². The van der Waals surface area contributed by atoms with Crippen LogP contribution in [0.3, 0.4) is 0 Å². The summed E-state index contributed by atoms with van der Waals surface area (Å²) in [6, 6.07) is 9.32. The first-order valence-corrected chi connectivity index (χ1v) is 7.62. The predicted molar refractivity (Wildman–Crippen MR) is 83.0 cm³/mol. The summed E-state index contributed by atoms with van der Waals surface area (Å²) in [7, 11) is 0. The highest BCUT2D eigenvalue weighted by atomic mass is 16.5. The highest BCUT2D eigenvalue weighted by molar-refractivity contribution is 5.83. The molecule has 20 heavy (non-hydrogen) atoms. The Morgan fingerprint density at radius 1 is 1.35 bits per heavy atom. The van der Waals surface area contributed by atoms with Crippen molar-refractivity contribution in [3.8, 4) is 0 Å². The SMILES string of the molecule is CC(C)CNCc1cccc2ccn(C3CCOC3)c12. The van der Waals surface area contributed by atoms with Gasteiger partial charge in [0, 0.05) is 19.3 Å². The highest BCUT2D eigenvalue weighted by Gasteiger charge is 2.19. The zero-order valence-electron chi connectivity index (χ0n) is 12.4. The molecule has 1 atom stereocenters. The second-order valence-corrected chi connectivity index (χ2v) is 6.12. The van der Waals surface area contributed by atoms with E-state index in [1.54, 1.807) is 0 Å². The van der Waals surface area contributed by atoms with Gasteiger partial charge in [0.1, 0.15) is 0 Å². The molecule has 1 aromatic carbocycles. The largest absolute Gasteiger partial charge is 0.379 e. The summed E-state index contributed by atoms with van der Waals surface area (Å²) in [5.74, 6) is 0.684. The van der Waals surface area contributed by atoms with Gasteiger partial charge in [0.25, 0.3) is 0 Å². The van der Waals surface area contributed by atoms with Crippen LogP contribution in [0.15, 0.2) is 30.5 Å². The van der Waals surface area contributed by atoms with Crippen LogP contribution in [0.1, 0.15) is 31.9 Å². The minimum absolute atomic E-state index is 0.499. The van der Waals surface area contributed by atoms with E-state index < -0.39 is 0 Å². The maximum Gasteiger partial charge on any atom is 0.0674 e. The van der Waals surface area contributed by atoms with E-state index in [0.717, 1.165) is 32.7 Å². The molecule has 1 fully saturated rings. The summed E-state index contributed by atoms with van der Waals surface area (Å²) in [4.78, 5) is 0. The molecule has 0 spiro atoms. The fourth-order valence-electron chi connectivity index (χ4n) is 2.98. The third-order valence-corrected chi connectivity index (χ3v) is 3.99. The van der Waals surface area contributed by atoms with E-state index >= 15 is 0 Å². The van der Waals surface area contributed by atoms with Gasteiger partial charge in [-0.2, -0.15) is 0 Å². The molecule has 0 saturated carbocycles. The lowest BCUT2D eigenvalue weighted by atomic mass is 10.1. The quantitative estimate of drug-likeness (QED) is 0.903. The molecule has 1 aliphatic heterocycles. The van der Waals surface area contributed by atoms with Gasteiger partial charge in [-0.3, -0.25) is 0 Å². The van der Waals surface area contributed by atoms with Crippen LogP contribution in [0.2, 0.25) is 0 Å². The van der Waals surface area contributed by atoms with Crippen molar-refractivity contribution in [1.29, 1.82) is 0 Å². The van der Waals surface area contributed by atoms with Crippen molar-refractivity contribution in [2.24, 2.45) is 5.92 Å². The molecule has 0 aliphatic carbocycles. The first-order chi connectivity index (χ1) is 9.75. The molecule has 1 N–H and O–H groups in total. The number of nitrogens with one attached hydrogen (secondary N) is 1. The Morgan fingerprint density at radius 2 is 2.25 bits per heavy atom. The predicted octanol–water partition coefficient (Wildman–Crippen LogP) is 3.35. The Hall–Kier alpha value is -1.32. The van der Waals surface area contributed by atoms with Gasteiger partial charge in [0.05, 0.1) is 18.2 Å². The van der Waals surface area contributed by atoms with Crippen LogP contribution in [-0.4, -0.2) is 24.3 Å². The Labute approximate surface area is 120 Å². The van der Waals surface area contributed by atoms with Crippen molar-refractivity contribution in [3.05, 3.63) is 36.0 Å². The van der Waals surface area contributed by atoms with Gasteiger partial charge < -0.3 is 14.6 Å². The average molecular weight is 272 g/mol. The molecule has 2 aromatic rings. The lowest BCUT2D eigenvalue weighted by Gasteiger charge is -2.15. The number of ether oxygens (including phenoxy) is 1. The van der Waals surface area contributed by atoms with E-state index in [2.05, 4.69) is 54.2 Å². The zero-order valence-corrected chi connectivity index (χ0v) is 12.4. The van der Waals surface area contributed by atoms with Crippen molar-refractivity contribution in [2.75, 3.05) is 19.8 Å². The van der Waals surface area contributed by atoms with Crippen molar-refractivity contribution < 1.29 is 4.74 Å². The van der Waals surface area contributed by atoms with Crippen LogP contribution in [0.4, 0.5) is 0 Å². The number of hydrogen-bond donors (Lipinski definition) is 1. The molecule has 1 unspecified atom stereocenters. The summed E-state index contributed by atoms with van der Waals surface area (Å²) in [6.07, 6.45) is 3.34. The third kappa shape index (κ3) is 2.74. The van der Waals surface area contributed by atoms with Crippen molar-refractivity contribution >= 4 is 10.9 Å². The first kappa shape index (κ1) is 13.7. The summed E-state index contributed by atoms with van der Waals surface area (Å²) in [5.41, 5.74) is 2.76. The number of hydrogen-bond acceptors (Lipinski definition) is 2. The molecule has 108 valence electrons. The van der Waals surface area contributed by atoms with Gasteiger partial charge >= 0.3 is 0 Å². The molecule has 0 bridgehead atoms. The molecule has 1 aromatic heterocycles. The molecule has 3 nitrogen and oxygen atoms in total. The fraction of sp³-hybridized carbons (Fsp3) is 0.529. The second kappa shape index (κ2) is 5.98. The van der Waals surface area contributed by atoms with Crippen LogP contribution in [-0.2, 0) is 11.3 Å². The number of rotatable bonds is 5. The van der Waals surface area contributed by atoms with Crippen molar-refractivity contribution in [2.45, 2.75) is 32.9 Å². The average Bonchev–Trinajstić information content (AvgIpc) is 3.07. The van der Waals surface area contributed by atoms with Crippen LogP contribution >= 0.6 is 0 Å². The van der Waals surface area contributed by atoms with Crippen molar-refractivity contribution in [1.82, 2.24) is 9.88 Å². The summed E-state index contributed by atoms with van der Waals surface area (Å²) < 4.78 is 7.96. The van der Waals surface area contributed by atoms with E-state index in [9.17, 15) is 0 Å².